The van der Waals surface area contributed by atoms with Crippen LogP contribution in [-0.2, 0) is 10.0 Å². The molecule has 1 fully saturated rings. The van der Waals surface area contributed by atoms with Gasteiger partial charge in [0.15, 0.2) is 0 Å². The second-order valence-corrected chi connectivity index (χ2v) is 10.3. The molecule has 5 aromatic rings. The van der Waals surface area contributed by atoms with Crippen molar-refractivity contribution in [3.8, 4) is 0 Å². The quantitative estimate of drug-likeness (QED) is 0.331. The summed E-state index contributed by atoms with van der Waals surface area (Å²) in [5.74, 6) is -0.437. The first-order valence-electron chi connectivity index (χ1n) is 10.9. The molecule has 0 aliphatic heterocycles. The molecule has 1 saturated carbocycles. The maximum absolute atomic E-state index is 13.3. The predicted molar refractivity (Wildman–Crippen MR) is 128 cm³/mol. The molecule has 6 rings (SSSR count). The van der Waals surface area contributed by atoms with E-state index in [9.17, 15) is 13.2 Å². The van der Waals surface area contributed by atoms with E-state index in [-0.39, 0.29) is 28.0 Å². The minimum Gasteiger partial charge on any atom is -0.312 e. The van der Waals surface area contributed by atoms with Crippen LogP contribution in [0.3, 0.4) is 0 Å². The number of aromatic nitrogens is 7. The van der Waals surface area contributed by atoms with Gasteiger partial charge in [-0.1, -0.05) is 34.6 Å². The van der Waals surface area contributed by atoms with Crippen LogP contribution >= 0.6 is 11.6 Å². The second kappa shape index (κ2) is 8.24. The van der Waals surface area contributed by atoms with Crippen molar-refractivity contribution in [1.82, 2.24) is 34.7 Å². The number of sulfonamides is 1. The van der Waals surface area contributed by atoms with E-state index in [1.807, 2.05) is 13.0 Å². The first-order chi connectivity index (χ1) is 17.3. The number of carbonyl (C=O) groups excluding carboxylic acids is 1. The van der Waals surface area contributed by atoms with Crippen molar-refractivity contribution >= 4 is 50.1 Å². The van der Waals surface area contributed by atoms with Crippen LogP contribution in [0.15, 0.2) is 53.7 Å². The summed E-state index contributed by atoms with van der Waals surface area (Å²) in [6, 6.07) is 13.1. The topological polar surface area (TPSA) is 146 Å². The standard InChI is InChI=1S/C22H17ClN8O4S/c1-12-11-18(13-9-10-13)30-21(24-12)25-22(27-30)36(33,34)28-19-14(5-4-6-15(19)23)20(32)35-31-17-8-3-2-7-16(17)26-29-31/h2-8,11,13,28H,9-10H2,1H3. The molecule has 36 heavy (non-hydrogen) atoms. The van der Waals surface area contributed by atoms with E-state index in [1.165, 1.54) is 22.7 Å². The minimum absolute atomic E-state index is 0.0205. The number of hydrogen-bond acceptors (Lipinski definition) is 9. The lowest BCUT2D eigenvalue weighted by molar-refractivity contribution is 0.0410. The number of hydrogen-bond donors (Lipinski definition) is 1. The van der Waals surface area contributed by atoms with E-state index >= 15 is 0 Å². The van der Waals surface area contributed by atoms with Crippen LogP contribution in [0.5, 0.6) is 0 Å². The molecule has 3 aromatic heterocycles. The highest BCUT2D eigenvalue weighted by atomic mass is 35.5. The van der Waals surface area contributed by atoms with E-state index in [4.69, 9.17) is 16.4 Å². The van der Waals surface area contributed by atoms with E-state index in [0.29, 0.717) is 16.7 Å². The van der Waals surface area contributed by atoms with E-state index < -0.39 is 21.1 Å². The maximum Gasteiger partial charge on any atom is 0.367 e. The van der Waals surface area contributed by atoms with Gasteiger partial charge in [0.05, 0.1) is 22.0 Å². The summed E-state index contributed by atoms with van der Waals surface area (Å²) in [4.78, 5) is 27.7. The van der Waals surface area contributed by atoms with Gasteiger partial charge in [0.2, 0.25) is 0 Å². The third-order valence-corrected chi connectivity index (χ3v) is 7.09. The number of nitrogens with zero attached hydrogens (tertiary/aromatic N) is 7. The lowest BCUT2D eigenvalue weighted by Gasteiger charge is -2.12. The van der Waals surface area contributed by atoms with Crippen LogP contribution < -0.4 is 9.56 Å². The number of halogens is 1. The van der Waals surface area contributed by atoms with Crippen molar-refractivity contribution in [3.63, 3.8) is 0 Å². The van der Waals surface area contributed by atoms with Gasteiger partial charge in [0.1, 0.15) is 11.0 Å². The first kappa shape index (κ1) is 22.4. The Balaban J connectivity index is 1.35. The fourth-order valence-corrected chi connectivity index (χ4v) is 5.05. The maximum atomic E-state index is 13.3. The Bertz CT molecular complexity index is 1780. The Morgan fingerprint density at radius 3 is 2.75 bits per heavy atom. The van der Waals surface area contributed by atoms with Gasteiger partial charge in [0, 0.05) is 11.6 Å². The molecule has 0 radical (unpaired) electrons. The van der Waals surface area contributed by atoms with E-state index in [2.05, 4.69) is 30.1 Å². The zero-order valence-electron chi connectivity index (χ0n) is 18.7. The molecule has 0 spiro atoms. The summed E-state index contributed by atoms with van der Waals surface area (Å²) >= 11 is 6.29. The molecule has 1 aliphatic rings. The van der Waals surface area contributed by atoms with Gasteiger partial charge in [0.25, 0.3) is 21.0 Å². The molecule has 182 valence electrons. The third-order valence-electron chi connectivity index (χ3n) is 5.65. The average molecular weight is 525 g/mol. The molecular formula is C22H17ClN8O4S. The molecular weight excluding hydrogens is 508 g/mol. The van der Waals surface area contributed by atoms with Crippen LogP contribution in [0, 0.1) is 6.92 Å². The lowest BCUT2D eigenvalue weighted by Crippen LogP contribution is -2.24. The lowest BCUT2D eigenvalue weighted by atomic mass is 10.2. The highest BCUT2D eigenvalue weighted by Crippen LogP contribution is 2.40. The van der Waals surface area contributed by atoms with Gasteiger partial charge in [-0.15, -0.1) is 10.2 Å². The molecule has 0 bridgehead atoms. The van der Waals surface area contributed by atoms with Crippen molar-refractivity contribution in [3.05, 3.63) is 70.5 Å². The Hall–Kier alpha value is -4.10. The van der Waals surface area contributed by atoms with Crippen molar-refractivity contribution in [2.75, 3.05) is 4.72 Å². The summed E-state index contributed by atoms with van der Waals surface area (Å²) in [5.41, 5.74) is 2.22. The van der Waals surface area contributed by atoms with Gasteiger partial charge < -0.3 is 4.84 Å². The van der Waals surface area contributed by atoms with E-state index in [1.54, 1.807) is 24.3 Å². The van der Waals surface area contributed by atoms with Crippen LogP contribution in [-0.4, -0.2) is 49.1 Å². The van der Waals surface area contributed by atoms with Gasteiger partial charge in [-0.2, -0.15) is 17.9 Å². The molecule has 14 heteroatoms. The van der Waals surface area contributed by atoms with E-state index in [0.717, 1.165) is 23.4 Å². The highest BCUT2D eigenvalue weighted by Gasteiger charge is 2.30. The first-order valence-corrected chi connectivity index (χ1v) is 12.7. The Labute approximate surface area is 208 Å². The Kier molecular flexibility index (Phi) is 5.12. The third kappa shape index (κ3) is 3.91. The fourth-order valence-electron chi connectivity index (χ4n) is 3.80. The molecule has 1 aliphatic carbocycles. The number of fused-ring (bicyclic) bond motifs is 2. The average Bonchev–Trinajstić information content (AvgIpc) is 3.48. The normalized spacial score (nSPS) is 13.8. The number of para-hydroxylation sites is 2. The zero-order valence-corrected chi connectivity index (χ0v) is 20.2. The van der Waals surface area contributed by atoms with Crippen molar-refractivity contribution in [2.24, 2.45) is 0 Å². The van der Waals surface area contributed by atoms with Crippen molar-refractivity contribution < 1.29 is 18.0 Å². The van der Waals surface area contributed by atoms with Crippen molar-refractivity contribution in [2.45, 2.75) is 30.8 Å². The van der Waals surface area contributed by atoms with Crippen LogP contribution in [0.25, 0.3) is 16.8 Å². The van der Waals surface area contributed by atoms with Crippen molar-refractivity contribution in [1.29, 1.82) is 0 Å². The molecule has 3 heterocycles. The van der Waals surface area contributed by atoms with Crippen LogP contribution in [0.2, 0.25) is 5.02 Å². The SMILES string of the molecule is Cc1cc(C2CC2)n2nc(S(=O)(=O)Nc3c(Cl)cccc3C(=O)On3nnc4ccccc43)nc2n1. The largest absolute Gasteiger partial charge is 0.367 e. The number of benzene rings is 2. The highest BCUT2D eigenvalue weighted by molar-refractivity contribution is 7.92. The molecule has 0 unspecified atom stereocenters. The van der Waals surface area contributed by atoms with Crippen LogP contribution in [0.1, 0.15) is 40.5 Å². The second-order valence-electron chi connectivity index (χ2n) is 8.30. The smallest absolute Gasteiger partial charge is 0.312 e. The summed E-state index contributed by atoms with van der Waals surface area (Å²) in [7, 11) is -4.35. The fraction of sp³-hybridized carbons (Fsp3) is 0.182. The number of rotatable bonds is 6. The summed E-state index contributed by atoms with van der Waals surface area (Å²) < 4.78 is 30.3. The molecule has 2 aromatic carbocycles. The minimum atomic E-state index is -4.35. The molecule has 0 atom stereocenters. The number of aryl methyl sites for hydroxylation is 1. The summed E-state index contributed by atoms with van der Waals surface area (Å²) in [6.45, 7) is 1.81. The Morgan fingerprint density at radius 1 is 1.14 bits per heavy atom. The zero-order chi connectivity index (χ0) is 25.0. The number of carbonyl (C=O) groups is 1. The van der Waals surface area contributed by atoms with Gasteiger partial charge >= 0.3 is 5.97 Å². The summed E-state index contributed by atoms with van der Waals surface area (Å²) in [6.07, 6.45) is 1.98. The molecule has 0 saturated heterocycles. The van der Waals surface area contributed by atoms with Gasteiger partial charge in [-0.25, -0.2) is 9.78 Å². The summed E-state index contributed by atoms with van der Waals surface area (Å²) in [5, 5.41) is 11.4. The monoisotopic (exact) mass is 524 g/mol. The van der Waals surface area contributed by atoms with Gasteiger partial charge in [-0.3, -0.25) is 4.72 Å². The molecule has 12 nitrogen and oxygen atoms in total. The predicted octanol–water partition coefficient (Wildman–Crippen LogP) is 2.78. The number of nitrogens with one attached hydrogen (secondary N) is 1. The van der Waals surface area contributed by atoms with Gasteiger partial charge in [-0.05, 0) is 55.3 Å². The number of anilines is 1. The molecule has 1 N–H and O–H groups in total. The Morgan fingerprint density at radius 2 is 1.94 bits per heavy atom. The molecule has 0 amide bonds. The van der Waals surface area contributed by atoms with Crippen LogP contribution in [0.4, 0.5) is 5.69 Å².